The Morgan fingerprint density at radius 2 is 2.00 bits per heavy atom. The molecule has 0 aliphatic heterocycles. The Hall–Kier alpha value is -1.78. The van der Waals surface area contributed by atoms with Crippen LogP contribution in [0.4, 0.5) is 4.39 Å². The van der Waals surface area contributed by atoms with E-state index in [0.717, 1.165) is 11.1 Å². The van der Waals surface area contributed by atoms with Gasteiger partial charge in [-0.15, -0.1) is 0 Å². The zero-order chi connectivity index (χ0) is 15.2. The van der Waals surface area contributed by atoms with Gasteiger partial charge in [0, 0.05) is 17.7 Å². The third kappa shape index (κ3) is 3.86. The Morgan fingerprint density at radius 1 is 1.19 bits per heavy atom. The second-order valence-electron chi connectivity index (χ2n) is 4.50. The molecule has 0 spiro atoms. The van der Waals surface area contributed by atoms with Crippen molar-refractivity contribution in [3.63, 3.8) is 0 Å². The van der Waals surface area contributed by atoms with Crippen LogP contribution >= 0.6 is 11.6 Å². The van der Waals surface area contributed by atoms with Crippen LogP contribution in [0.2, 0.25) is 5.02 Å². The van der Waals surface area contributed by atoms with Crippen molar-refractivity contribution in [1.82, 2.24) is 5.32 Å². The summed E-state index contributed by atoms with van der Waals surface area (Å²) in [6.07, 6.45) is 0. The minimum atomic E-state index is -0.364. The predicted octanol–water partition coefficient (Wildman–Crippen LogP) is 3.79. The first-order valence-electron chi connectivity index (χ1n) is 6.53. The number of ether oxygens (including phenoxy) is 2. The fraction of sp³-hybridized carbons (Fsp3) is 0.250. The third-order valence-electron chi connectivity index (χ3n) is 3.03. The molecule has 2 aromatic carbocycles. The molecule has 0 aliphatic carbocycles. The van der Waals surface area contributed by atoms with Crippen LogP contribution in [0.3, 0.4) is 0 Å². The van der Waals surface area contributed by atoms with E-state index in [0.29, 0.717) is 23.1 Å². The van der Waals surface area contributed by atoms with Crippen molar-refractivity contribution in [2.45, 2.75) is 13.2 Å². The summed E-state index contributed by atoms with van der Waals surface area (Å²) in [4.78, 5) is 0. The summed E-state index contributed by atoms with van der Waals surface area (Å²) in [6.45, 7) is 0.903. The first kappa shape index (κ1) is 15.6. The molecule has 2 rings (SSSR count). The monoisotopic (exact) mass is 309 g/mol. The molecule has 21 heavy (non-hydrogen) atoms. The van der Waals surface area contributed by atoms with Gasteiger partial charge >= 0.3 is 0 Å². The highest BCUT2D eigenvalue weighted by Gasteiger charge is 2.11. The molecular weight excluding hydrogens is 293 g/mol. The molecular formula is C16H17ClFNO2. The molecule has 0 atom stereocenters. The number of hydrogen-bond donors (Lipinski definition) is 1. The minimum absolute atomic E-state index is 0.246. The molecule has 2 aromatic rings. The third-order valence-corrected chi connectivity index (χ3v) is 3.39. The van der Waals surface area contributed by atoms with Crippen LogP contribution in [0, 0.1) is 5.82 Å². The van der Waals surface area contributed by atoms with Gasteiger partial charge in [0.25, 0.3) is 0 Å². The SMILES string of the molecule is CNCc1cccc(OC)c1OCc1ccc(F)cc1Cl. The average molecular weight is 310 g/mol. The number of benzene rings is 2. The van der Waals surface area contributed by atoms with E-state index in [4.69, 9.17) is 21.1 Å². The maximum atomic E-state index is 13.0. The smallest absolute Gasteiger partial charge is 0.166 e. The Morgan fingerprint density at radius 3 is 2.67 bits per heavy atom. The molecule has 0 saturated carbocycles. The molecule has 0 radical (unpaired) electrons. The van der Waals surface area contributed by atoms with E-state index in [1.807, 2.05) is 25.2 Å². The number of halogens is 2. The molecule has 1 N–H and O–H groups in total. The maximum Gasteiger partial charge on any atom is 0.166 e. The van der Waals surface area contributed by atoms with Gasteiger partial charge in [0.2, 0.25) is 0 Å². The van der Waals surface area contributed by atoms with Crippen molar-refractivity contribution in [2.24, 2.45) is 0 Å². The lowest BCUT2D eigenvalue weighted by Gasteiger charge is -2.15. The second-order valence-corrected chi connectivity index (χ2v) is 4.91. The summed E-state index contributed by atoms with van der Waals surface area (Å²) in [6, 6.07) is 9.95. The second kappa shape index (κ2) is 7.29. The first-order valence-corrected chi connectivity index (χ1v) is 6.90. The van der Waals surface area contributed by atoms with Crippen molar-refractivity contribution in [1.29, 1.82) is 0 Å². The van der Waals surface area contributed by atoms with Gasteiger partial charge in [-0.2, -0.15) is 0 Å². The van der Waals surface area contributed by atoms with Gasteiger partial charge < -0.3 is 14.8 Å². The lowest BCUT2D eigenvalue weighted by molar-refractivity contribution is 0.281. The highest BCUT2D eigenvalue weighted by atomic mass is 35.5. The highest BCUT2D eigenvalue weighted by Crippen LogP contribution is 2.32. The van der Waals surface area contributed by atoms with E-state index in [1.54, 1.807) is 13.2 Å². The molecule has 0 saturated heterocycles. The summed E-state index contributed by atoms with van der Waals surface area (Å²) < 4.78 is 24.2. The predicted molar refractivity (Wildman–Crippen MR) is 81.5 cm³/mol. The molecule has 0 amide bonds. The van der Waals surface area contributed by atoms with Gasteiger partial charge in [-0.3, -0.25) is 0 Å². The summed E-state index contributed by atoms with van der Waals surface area (Å²) >= 11 is 6.01. The molecule has 0 aliphatic rings. The van der Waals surface area contributed by atoms with Gasteiger partial charge in [-0.1, -0.05) is 29.8 Å². The molecule has 0 bridgehead atoms. The summed E-state index contributed by atoms with van der Waals surface area (Å²) in [5, 5.41) is 3.43. The average Bonchev–Trinajstić information content (AvgIpc) is 2.47. The molecule has 0 heterocycles. The lowest BCUT2D eigenvalue weighted by atomic mass is 10.1. The zero-order valence-corrected chi connectivity index (χ0v) is 12.7. The van der Waals surface area contributed by atoms with Gasteiger partial charge in [0.1, 0.15) is 12.4 Å². The van der Waals surface area contributed by atoms with Gasteiger partial charge in [-0.25, -0.2) is 4.39 Å². The van der Waals surface area contributed by atoms with E-state index in [9.17, 15) is 4.39 Å². The standard InChI is InChI=1S/C16H17ClFNO2/c1-19-9-11-4-3-5-15(20-2)16(11)21-10-12-6-7-13(18)8-14(12)17/h3-8,19H,9-10H2,1-2H3. The van der Waals surface area contributed by atoms with Crippen molar-refractivity contribution >= 4 is 11.6 Å². The van der Waals surface area contributed by atoms with Gasteiger partial charge in [0.15, 0.2) is 11.5 Å². The van der Waals surface area contributed by atoms with Crippen molar-refractivity contribution in [3.8, 4) is 11.5 Å². The number of nitrogens with one attached hydrogen (secondary N) is 1. The van der Waals surface area contributed by atoms with Crippen LogP contribution in [0.1, 0.15) is 11.1 Å². The molecule has 0 aromatic heterocycles. The number of rotatable bonds is 6. The van der Waals surface area contributed by atoms with Crippen LogP contribution in [0.25, 0.3) is 0 Å². The van der Waals surface area contributed by atoms with E-state index in [-0.39, 0.29) is 12.4 Å². The number of para-hydroxylation sites is 1. The van der Waals surface area contributed by atoms with E-state index >= 15 is 0 Å². The fourth-order valence-corrected chi connectivity index (χ4v) is 2.23. The maximum absolute atomic E-state index is 13.0. The zero-order valence-electron chi connectivity index (χ0n) is 12.0. The fourth-order valence-electron chi connectivity index (χ4n) is 2.00. The minimum Gasteiger partial charge on any atom is -0.493 e. The van der Waals surface area contributed by atoms with Crippen LogP contribution in [-0.4, -0.2) is 14.2 Å². The summed E-state index contributed by atoms with van der Waals surface area (Å²) in [7, 11) is 3.45. The van der Waals surface area contributed by atoms with Crippen molar-refractivity contribution in [3.05, 3.63) is 58.4 Å². The number of methoxy groups -OCH3 is 1. The summed E-state index contributed by atoms with van der Waals surface area (Å²) in [5.74, 6) is 0.952. The Bertz CT molecular complexity index is 619. The van der Waals surface area contributed by atoms with Gasteiger partial charge in [0.05, 0.1) is 12.1 Å². The molecule has 0 fully saturated rings. The molecule has 5 heteroatoms. The van der Waals surface area contributed by atoms with Crippen LogP contribution in [0.15, 0.2) is 36.4 Å². The van der Waals surface area contributed by atoms with Gasteiger partial charge in [-0.05, 0) is 25.2 Å². The van der Waals surface area contributed by atoms with Crippen LogP contribution in [-0.2, 0) is 13.2 Å². The Balaban J connectivity index is 2.22. The Labute approximate surface area is 128 Å². The molecule has 112 valence electrons. The largest absolute Gasteiger partial charge is 0.493 e. The number of hydrogen-bond acceptors (Lipinski definition) is 3. The van der Waals surface area contributed by atoms with Crippen LogP contribution < -0.4 is 14.8 Å². The normalized spacial score (nSPS) is 10.5. The van der Waals surface area contributed by atoms with Crippen LogP contribution in [0.5, 0.6) is 11.5 Å². The Kier molecular flexibility index (Phi) is 5.42. The quantitative estimate of drug-likeness (QED) is 0.880. The van der Waals surface area contributed by atoms with E-state index in [1.165, 1.54) is 12.1 Å². The summed E-state index contributed by atoms with van der Waals surface area (Å²) in [5.41, 5.74) is 1.70. The van der Waals surface area contributed by atoms with E-state index in [2.05, 4.69) is 5.32 Å². The first-order chi connectivity index (χ1) is 10.2. The van der Waals surface area contributed by atoms with E-state index < -0.39 is 0 Å². The molecule has 0 unspecified atom stereocenters. The molecule has 3 nitrogen and oxygen atoms in total. The van der Waals surface area contributed by atoms with Crippen molar-refractivity contribution in [2.75, 3.05) is 14.2 Å². The van der Waals surface area contributed by atoms with Crippen molar-refractivity contribution < 1.29 is 13.9 Å². The lowest BCUT2D eigenvalue weighted by Crippen LogP contribution is -2.08. The topological polar surface area (TPSA) is 30.5 Å². The highest BCUT2D eigenvalue weighted by molar-refractivity contribution is 6.31.